The average Bonchev–Trinajstić information content (AvgIpc) is 3.45. The molecule has 1 aliphatic carbocycles. The highest BCUT2D eigenvalue weighted by molar-refractivity contribution is 5.96. The second-order valence-electron chi connectivity index (χ2n) is 6.27. The summed E-state index contributed by atoms with van der Waals surface area (Å²) in [6, 6.07) is 14.9. The first-order valence-electron chi connectivity index (χ1n) is 8.14. The highest BCUT2D eigenvalue weighted by Crippen LogP contribution is 2.41. The third-order valence-corrected chi connectivity index (χ3v) is 4.38. The predicted molar refractivity (Wildman–Crippen MR) is 91.9 cm³/mol. The number of benzene rings is 2. The molecule has 0 aromatic heterocycles. The number of methoxy groups -OCH3 is 1. The topological polar surface area (TPSA) is 55.4 Å². The van der Waals surface area contributed by atoms with Crippen LogP contribution in [0.1, 0.15) is 50.7 Å². The standard InChI is InChI=1S/C20H21NO3/c1-13-3-5-14(6-4-13)18(15-7-8-15)21-19(22)16-9-11-17(12-10-16)20(23)24-2/h3-6,9-12,15,18H,7-8H2,1-2H3,(H,21,22). The Labute approximate surface area is 141 Å². The molecule has 1 amide bonds. The minimum Gasteiger partial charge on any atom is -0.465 e. The smallest absolute Gasteiger partial charge is 0.337 e. The molecule has 24 heavy (non-hydrogen) atoms. The summed E-state index contributed by atoms with van der Waals surface area (Å²) in [5, 5.41) is 3.14. The lowest BCUT2D eigenvalue weighted by Crippen LogP contribution is -2.29. The van der Waals surface area contributed by atoms with Crippen LogP contribution >= 0.6 is 0 Å². The quantitative estimate of drug-likeness (QED) is 0.854. The van der Waals surface area contributed by atoms with Crippen LogP contribution in [-0.2, 0) is 4.74 Å². The van der Waals surface area contributed by atoms with E-state index in [4.69, 9.17) is 0 Å². The van der Waals surface area contributed by atoms with Crippen molar-refractivity contribution in [1.82, 2.24) is 5.32 Å². The maximum Gasteiger partial charge on any atom is 0.337 e. The molecule has 1 fully saturated rings. The number of ether oxygens (including phenoxy) is 1. The fourth-order valence-corrected chi connectivity index (χ4v) is 2.78. The summed E-state index contributed by atoms with van der Waals surface area (Å²) >= 11 is 0. The fourth-order valence-electron chi connectivity index (χ4n) is 2.78. The molecule has 1 saturated carbocycles. The van der Waals surface area contributed by atoms with E-state index in [-0.39, 0.29) is 11.9 Å². The van der Waals surface area contributed by atoms with E-state index >= 15 is 0 Å². The molecule has 0 heterocycles. The molecule has 2 aromatic carbocycles. The van der Waals surface area contributed by atoms with Gasteiger partial charge in [0.2, 0.25) is 0 Å². The molecular weight excluding hydrogens is 302 g/mol. The Bertz CT molecular complexity index is 730. The van der Waals surface area contributed by atoms with E-state index in [2.05, 4.69) is 41.2 Å². The molecule has 1 unspecified atom stereocenters. The van der Waals surface area contributed by atoms with Crippen molar-refractivity contribution in [3.63, 3.8) is 0 Å². The summed E-state index contributed by atoms with van der Waals surface area (Å²) in [4.78, 5) is 24.0. The zero-order valence-corrected chi connectivity index (χ0v) is 13.9. The predicted octanol–water partition coefficient (Wildman–Crippen LogP) is 3.66. The summed E-state index contributed by atoms with van der Waals surface area (Å²) in [5.41, 5.74) is 3.33. The summed E-state index contributed by atoms with van der Waals surface area (Å²) < 4.78 is 4.67. The molecule has 0 saturated heterocycles. The first-order chi connectivity index (χ1) is 11.6. The normalized spacial score (nSPS) is 14.8. The molecule has 124 valence electrons. The molecule has 0 aliphatic heterocycles. The highest BCUT2D eigenvalue weighted by atomic mass is 16.5. The van der Waals surface area contributed by atoms with Gasteiger partial charge in [-0.15, -0.1) is 0 Å². The van der Waals surface area contributed by atoms with Gasteiger partial charge in [-0.3, -0.25) is 4.79 Å². The van der Waals surface area contributed by atoms with Gasteiger partial charge in [0.1, 0.15) is 0 Å². The van der Waals surface area contributed by atoms with Gasteiger partial charge in [-0.05, 0) is 55.5 Å². The lowest BCUT2D eigenvalue weighted by molar-refractivity contribution is 0.0600. The van der Waals surface area contributed by atoms with Crippen LogP contribution in [0, 0.1) is 12.8 Å². The van der Waals surface area contributed by atoms with Gasteiger partial charge in [0.05, 0.1) is 18.7 Å². The molecule has 0 radical (unpaired) electrons. The number of hydrogen-bond donors (Lipinski definition) is 1. The number of hydrogen-bond acceptors (Lipinski definition) is 3. The molecular formula is C20H21NO3. The molecule has 3 rings (SSSR count). The third kappa shape index (κ3) is 3.65. The molecule has 1 N–H and O–H groups in total. The zero-order valence-electron chi connectivity index (χ0n) is 13.9. The second-order valence-corrected chi connectivity index (χ2v) is 6.27. The van der Waals surface area contributed by atoms with Gasteiger partial charge in [-0.1, -0.05) is 29.8 Å². The molecule has 1 atom stereocenters. The number of rotatable bonds is 5. The van der Waals surface area contributed by atoms with E-state index in [0.717, 1.165) is 18.4 Å². The van der Waals surface area contributed by atoms with Gasteiger partial charge in [0, 0.05) is 5.56 Å². The van der Waals surface area contributed by atoms with Crippen molar-refractivity contribution in [3.8, 4) is 0 Å². The molecule has 1 aliphatic rings. The number of esters is 1. The summed E-state index contributed by atoms with van der Waals surface area (Å²) in [5.74, 6) is -0.0210. The molecule has 0 bridgehead atoms. The second kappa shape index (κ2) is 6.87. The van der Waals surface area contributed by atoms with Crippen molar-refractivity contribution in [2.75, 3.05) is 7.11 Å². The number of aryl methyl sites for hydroxylation is 1. The maximum absolute atomic E-state index is 12.6. The van der Waals surface area contributed by atoms with Gasteiger partial charge in [-0.2, -0.15) is 0 Å². The van der Waals surface area contributed by atoms with Crippen molar-refractivity contribution in [2.24, 2.45) is 5.92 Å². The van der Waals surface area contributed by atoms with Crippen molar-refractivity contribution in [3.05, 3.63) is 70.8 Å². The monoisotopic (exact) mass is 323 g/mol. The van der Waals surface area contributed by atoms with Crippen molar-refractivity contribution < 1.29 is 14.3 Å². The first kappa shape index (κ1) is 16.2. The average molecular weight is 323 g/mol. The molecule has 0 spiro atoms. The molecule has 2 aromatic rings. The van der Waals surface area contributed by atoms with Crippen molar-refractivity contribution in [1.29, 1.82) is 0 Å². The SMILES string of the molecule is COC(=O)c1ccc(C(=O)NC(c2ccc(C)cc2)C2CC2)cc1. The van der Waals surface area contributed by atoms with E-state index in [1.54, 1.807) is 24.3 Å². The Morgan fingerprint density at radius 3 is 2.12 bits per heavy atom. The van der Waals surface area contributed by atoms with Crippen molar-refractivity contribution in [2.45, 2.75) is 25.8 Å². The first-order valence-corrected chi connectivity index (χ1v) is 8.14. The van der Waals surface area contributed by atoms with E-state index in [9.17, 15) is 9.59 Å². The summed E-state index contributed by atoms with van der Waals surface area (Å²) in [6.45, 7) is 2.05. The molecule has 4 heteroatoms. The molecule has 4 nitrogen and oxygen atoms in total. The van der Waals surface area contributed by atoms with E-state index in [0.29, 0.717) is 17.0 Å². The van der Waals surface area contributed by atoms with E-state index < -0.39 is 5.97 Å². The lowest BCUT2D eigenvalue weighted by atomic mass is 10.0. The Hall–Kier alpha value is -2.62. The largest absolute Gasteiger partial charge is 0.465 e. The van der Waals surface area contributed by atoms with Crippen LogP contribution in [0.4, 0.5) is 0 Å². The van der Waals surface area contributed by atoms with Gasteiger partial charge in [0.25, 0.3) is 5.91 Å². The summed E-state index contributed by atoms with van der Waals surface area (Å²) in [6.07, 6.45) is 2.28. The van der Waals surface area contributed by atoms with Crippen LogP contribution in [0.5, 0.6) is 0 Å². The Morgan fingerprint density at radius 2 is 1.58 bits per heavy atom. The Balaban J connectivity index is 1.74. The van der Waals surface area contributed by atoms with E-state index in [1.165, 1.54) is 12.7 Å². The van der Waals surface area contributed by atoms with Crippen LogP contribution in [-0.4, -0.2) is 19.0 Å². The van der Waals surface area contributed by atoms with Gasteiger partial charge >= 0.3 is 5.97 Å². The maximum atomic E-state index is 12.6. The Morgan fingerprint density at radius 1 is 1.00 bits per heavy atom. The van der Waals surface area contributed by atoms with Gasteiger partial charge < -0.3 is 10.1 Å². The van der Waals surface area contributed by atoms with Crippen LogP contribution < -0.4 is 5.32 Å². The highest BCUT2D eigenvalue weighted by Gasteiger charge is 2.33. The van der Waals surface area contributed by atoms with Crippen molar-refractivity contribution >= 4 is 11.9 Å². The number of carbonyl (C=O) groups excluding carboxylic acids is 2. The van der Waals surface area contributed by atoms with E-state index in [1.807, 2.05) is 0 Å². The minimum atomic E-state index is -0.405. The fraction of sp³-hybridized carbons (Fsp3) is 0.300. The van der Waals surface area contributed by atoms with Crippen LogP contribution in [0.3, 0.4) is 0 Å². The zero-order chi connectivity index (χ0) is 17.1. The van der Waals surface area contributed by atoms with Gasteiger partial charge in [0.15, 0.2) is 0 Å². The van der Waals surface area contributed by atoms with Crippen LogP contribution in [0.25, 0.3) is 0 Å². The number of nitrogens with one attached hydrogen (secondary N) is 1. The summed E-state index contributed by atoms with van der Waals surface area (Å²) in [7, 11) is 1.34. The third-order valence-electron chi connectivity index (χ3n) is 4.38. The number of carbonyl (C=O) groups is 2. The number of amides is 1. The van der Waals surface area contributed by atoms with Crippen LogP contribution in [0.2, 0.25) is 0 Å². The minimum absolute atomic E-state index is 0.0402. The van der Waals surface area contributed by atoms with Crippen LogP contribution in [0.15, 0.2) is 48.5 Å². The lowest BCUT2D eigenvalue weighted by Gasteiger charge is -2.19. The Kier molecular flexibility index (Phi) is 4.65. The van der Waals surface area contributed by atoms with Gasteiger partial charge in [-0.25, -0.2) is 4.79 Å².